The van der Waals surface area contributed by atoms with Crippen LogP contribution in [0.25, 0.3) is 0 Å². The molecule has 1 rings (SSSR count). The van der Waals surface area contributed by atoms with Crippen molar-refractivity contribution in [2.75, 3.05) is 17.6 Å². The van der Waals surface area contributed by atoms with Crippen LogP contribution in [-0.2, 0) is 10.0 Å². The van der Waals surface area contributed by atoms with Crippen LogP contribution in [0.2, 0.25) is 5.02 Å². The van der Waals surface area contributed by atoms with Gasteiger partial charge in [-0.25, -0.2) is 23.1 Å². The Labute approximate surface area is 120 Å². The summed E-state index contributed by atoms with van der Waals surface area (Å²) in [7, 11) is -3.67. The smallest absolute Gasteiger partial charge is 0.335 e. The molecule has 0 aliphatic carbocycles. The average Bonchev–Trinajstić information content (AvgIpc) is 2.30. The summed E-state index contributed by atoms with van der Waals surface area (Å²) in [4.78, 5) is 22.2. The summed E-state index contributed by atoms with van der Waals surface area (Å²) in [5.74, 6) is -1.58. The van der Waals surface area contributed by atoms with Crippen molar-refractivity contribution < 1.29 is 23.1 Å². The lowest BCUT2D eigenvalue weighted by Gasteiger charge is -2.09. The Kier molecular flexibility index (Phi) is 5.31. The first-order valence-corrected chi connectivity index (χ1v) is 7.36. The van der Waals surface area contributed by atoms with Crippen LogP contribution in [0.15, 0.2) is 18.2 Å². The summed E-state index contributed by atoms with van der Waals surface area (Å²) < 4.78 is 21.3. The van der Waals surface area contributed by atoms with Crippen molar-refractivity contribution in [3.05, 3.63) is 28.8 Å². The molecule has 0 bridgehead atoms. The van der Waals surface area contributed by atoms with Gasteiger partial charge in [0.15, 0.2) is 0 Å². The van der Waals surface area contributed by atoms with Crippen LogP contribution in [0.3, 0.4) is 0 Å². The number of benzene rings is 1. The Balaban J connectivity index is 2.66. The molecule has 0 aliphatic rings. The van der Waals surface area contributed by atoms with Crippen LogP contribution < -0.4 is 15.8 Å². The predicted octanol–water partition coefficient (Wildman–Crippen LogP) is 0.448. The van der Waals surface area contributed by atoms with E-state index in [1.807, 2.05) is 0 Å². The number of hydrogen-bond acceptors (Lipinski definition) is 4. The summed E-state index contributed by atoms with van der Waals surface area (Å²) in [6.45, 7) is -0.180. The van der Waals surface area contributed by atoms with E-state index >= 15 is 0 Å². The number of carboxylic acid groups (broad SMARTS) is 1. The summed E-state index contributed by atoms with van der Waals surface area (Å²) in [5.41, 5.74) is 0.0499. The number of amides is 2. The lowest BCUT2D eigenvalue weighted by Crippen LogP contribution is -2.34. The first-order chi connectivity index (χ1) is 9.19. The number of halogens is 1. The minimum atomic E-state index is -3.67. The standard InChI is InChI=1S/C10H12ClN3O5S/c11-7-2-1-6(9(15)16)5-8(7)14-10(17)13-3-4-20(12,18)19/h1-2,5H,3-4H2,(H,15,16)(H2,12,18,19)(H2,13,14,17). The number of carboxylic acids is 1. The highest BCUT2D eigenvalue weighted by molar-refractivity contribution is 7.89. The molecule has 2 amide bonds. The molecule has 0 spiro atoms. The van der Waals surface area contributed by atoms with Gasteiger partial charge in [-0.05, 0) is 18.2 Å². The zero-order valence-electron chi connectivity index (χ0n) is 10.1. The Bertz CT molecular complexity index is 632. The fourth-order valence-electron chi connectivity index (χ4n) is 1.23. The summed E-state index contributed by atoms with van der Waals surface area (Å²) in [6.07, 6.45) is 0. The van der Waals surface area contributed by atoms with Gasteiger partial charge in [0.2, 0.25) is 10.0 Å². The molecule has 1 aromatic carbocycles. The number of carbonyl (C=O) groups is 2. The van der Waals surface area contributed by atoms with Crippen LogP contribution in [-0.4, -0.2) is 37.8 Å². The molecular formula is C10H12ClN3O5S. The summed E-state index contributed by atoms with van der Waals surface area (Å²) >= 11 is 5.80. The Morgan fingerprint density at radius 1 is 1.35 bits per heavy atom. The van der Waals surface area contributed by atoms with E-state index in [0.717, 1.165) is 0 Å². The van der Waals surface area contributed by atoms with Gasteiger partial charge in [0.25, 0.3) is 0 Å². The predicted molar refractivity (Wildman–Crippen MR) is 73.4 cm³/mol. The molecule has 0 heterocycles. The molecule has 0 fully saturated rings. The molecular weight excluding hydrogens is 310 g/mol. The van der Waals surface area contributed by atoms with Crippen molar-refractivity contribution in [1.82, 2.24) is 5.32 Å². The maximum Gasteiger partial charge on any atom is 0.335 e. The van der Waals surface area contributed by atoms with E-state index in [4.69, 9.17) is 21.8 Å². The van der Waals surface area contributed by atoms with Gasteiger partial charge in [-0.15, -0.1) is 0 Å². The second-order valence-electron chi connectivity index (χ2n) is 3.75. The van der Waals surface area contributed by atoms with Gasteiger partial charge in [-0.3, -0.25) is 0 Å². The number of urea groups is 1. The molecule has 0 unspecified atom stereocenters. The van der Waals surface area contributed by atoms with Gasteiger partial charge in [0, 0.05) is 6.54 Å². The number of hydrogen-bond donors (Lipinski definition) is 4. The normalized spacial score (nSPS) is 10.9. The lowest BCUT2D eigenvalue weighted by atomic mass is 10.2. The Hall–Kier alpha value is -1.84. The van der Waals surface area contributed by atoms with Crippen LogP contribution in [0.1, 0.15) is 10.4 Å². The maximum absolute atomic E-state index is 11.5. The first kappa shape index (κ1) is 16.2. The quantitative estimate of drug-likeness (QED) is 0.623. The van der Waals surface area contributed by atoms with Gasteiger partial charge in [-0.2, -0.15) is 0 Å². The summed E-state index contributed by atoms with van der Waals surface area (Å²) in [6, 6.07) is 3.07. The van der Waals surface area contributed by atoms with E-state index in [9.17, 15) is 18.0 Å². The van der Waals surface area contributed by atoms with E-state index in [1.54, 1.807) is 0 Å². The van der Waals surface area contributed by atoms with Crippen molar-refractivity contribution >= 4 is 39.3 Å². The number of nitrogens with one attached hydrogen (secondary N) is 2. The highest BCUT2D eigenvalue weighted by Crippen LogP contribution is 2.22. The Morgan fingerprint density at radius 2 is 2.00 bits per heavy atom. The monoisotopic (exact) mass is 321 g/mol. The molecule has 10 heteroatoms. The third-order valence-corrected chi connectivity index (χ3v) is 3.24. The zero-order chi connectivity index (χ0) is 15.3. The maximum atomic E-state index is 11.5. The minimum absolute atomic E-state index is 0.0470. The minimum Gasteiger partial charge on any atom is -0.478 e. The van der Waals surface area contributed by atoms with Gasteiger partial charge in [0.05, 0.1) is 22.0 Å². The van der Waals surface area contributed by atoms with Crippen LogP contribution in [0.5, 0.6) is 0 Å². The number of carbonyl (C=O) groups excluding carboxylic acids is 1. The van der Waals surface area contributed by atoms with Gasteiger partial charge in [0.1, 0.15) is 0 Å². The molecule has 0 atom stereocenters. The summed E-state index contributed by atoms with van der Waals surface area (Å²) in [5, 5.41) is 18.3. The molecule has 0 aliphatic heterocycles. The molecule has 0 radical (unpaired) electrons. The van der Waals surface area contributed by atoms with E-state index in [-0.39, 0.29) is 22.8 Å². The third-order valence-electron chi connectivity index (χ3n) is 2.13. The molecule has 0 saturated heterocycles. The number of sulfonamides is 1. The fourth-order valence-corrected chi connectivity index (χ4v) is 1.78. The van der Waals surface area contributed by atoms with Crippen molar-refractivity contribution in [1.29, 1.82) is 0 Å². The zero-order valence-corrected chi connectivity index (χ0v) is 11.7. The van der Waals surface area contributed by atoms with Gasteiger partial charge >= 0.3 is 12.0 Å². The van der Waals surface area contributed by atoms with E-state index in [0.29, 0.717) is 0 Å². The van der Waals surface area contributed by atoms with Gasteiger partial charge in [-0.1, -0.05) is 11.6 Å². The van der Waals surface area contributed by atoms with Crippen LogP contribution >= 0.6 is 11.6 Å². The first-order valence-electron chi connectivity index (χ1n) is 5.27. The Morgan fingerprint density at radius 3 is 2.55 bits per heavy atom. The molecule has 5 N–H and O–H groups in total. The van der Waals surface area contributed by atoms with Crippen LogP contribution in [0.4, 0.5) is 10.5 Å². The largest absolute Gasteiger partial charge is 0.478 e. The van der Waals surface area contributed by atoms with Crippen molar-refractivity contribution in [2.45, 2.75) is 0 Å². The number of primary sulfonamides is 1. The molecule has 0 aromatic heterocycles. The number of anilines is 1. The number of aromatic carboxylic acids is 1. The van der Waals surface area contributed by atoms with Crippen LogP contribution in [0, 0.1) is 0 Å². The molecule has 1 aromatic rings. The van der Waals surface area contributed by atoms with E-state index in [2.05, 4.69) is 10.6 Å². The number of rotatable bonds is 5. The fraction of sp³-hybridized carbons (Fsp3) is 0.200. The average molecular weight is 322 g/mol. The SMILES string of the molecule is NS(=O)(=O)CCNC(=O)Nc1cc(C(=O)O)ccc1Cl. The lowest BCUT2D eigenvalue weighted by molar-refractivity contribution is 0.0697. The topological polar surface area (TPSA) is 139 Å². The third kappa shape index (κ3) is 5.43. The van der Waals surface area contributed by atoms with Crippen molar-refractivity contribution in [2.24, 2.45) is 5.14 Å². The second kappa shape index (κ2) is 6.55. The highest BCUT2D eigenvalue weighted by Gasteiger charge is 2.10. The molecule has 110 valence electrons. The number of nitrogens with two attached hydrogens (primary N) is 1. The molecule has 0 saturated carbocycles. The van der Waals surface area contributed by atoms with Crippen molar-refractivity contribution in [3.63, 3.8) is 0 Å². The van der Waals surface area contributed by atoms with E-state index < -0.39 is 27.8 Å². The van der Waals surface area contributed by atoms with Crippen molar-refractivity contribution in [3.8, 4) is 0 Å². The van der Waals surface area contributed by atoms with Gasteiger partial charge < -0.3 is 15.7 Å². The molecule has 8 nitrogen and oxygen atoms in total. The highest BCUT2D eigenvalue weighted by atomic mass is 35.5. The molecule has 20 heavy (non-hydrogen) atoms. The second-order valence-corrected chi connectivity index (χ2v) is 5.89. The van der Waals surface area contributed by atoms with E-state index in [1.165, 1.54) is 18.2 Å².